The molecule has 3 aliphatic heterocycles. The maximum Gasteiger partial charge on any atom is 0.226 e. The van der Waals surface area contributed by atoms with Crippen molar-refractivity contribution in [2.24, 2.45) is 23.5 Å². The van der Waals surface area contributed by atoms with Crippen molar-refractivity contribution in [3.63, 3.8) is 0 Å². The first kappa shape index (κ1) is 14.1. The number of hydrogen-bond donors (Lipinski definition) is 1. The second-order valence-corrected chi connectivity index (χ2v) is 6.01. The van der Waals surface area contributed by atoms with Crippen LogP contribution in [-0.4, -0.2) is 42.1 Å². The molecule has 2 bridgehead atoms. The topological polar surface area (TPSA) is 55.6 Å². The molecule has 2 N–H and O–H groups in total. The van der Waals surface area contributed by atoms with Gasteiger partial charge in [0.25, 0.3) is 0 Å². The summed E-state index contributed by atoms with van der Waals surface area (Å²) in [6.45, 7) is 5.63. The summed E-state index contributed by atoms with van der Waals surface area (Å²) >= 11 is 0. The SMILES string of the molecule is CC(N)C(C)C(=O)N1CC2C3CCC(O3)C2C1.Cl. The number of nitrogens with zero attached hydrogens (tertiary/aromatic N) is 1. The van der Waals surface area contributed by atoms with E-state index in [0.29, 0.717) is 24.0 Å². The first-order valence-electron chi connectivity index (χ1n) is 6.77. The standard InChI is InChI=1S/C13H22N2O2.ClH/c1-7(8(2)14)13(16)15-5-9-10(6-15)12-4-3-11(9)17-12;/h7-12H,3-6,14H2,1-2H3;1H. The van der Waals surface area contributed by atoms with Gasteiger partial charge in [-0.1, -0.05) is 6.92 Å². The number of carbonyl (C=O) groups excluding carboxylic acids is 1. The summed E-state index contributed by atoms with van der Waals surface area (Å²) in [5.74, 6) is 1.36. The molecular formula is C13H23ClN2O2. The third kappa shape index (κ3) is 2.04. The van der Waals surface area contributed by atoms with E-state index in [1.165, 1.54) is 12.8 Å². The van der Waals surface area contributed by atoms with Gasteiger partial charge < -0.3 is 15.4 Å². The van der Waals surface area contributed by atoms with Gasteiger partial charge in [-0.25, -0.2) is 0 Å². The van der Waals surface area contributed by atoms with Gasteiger partial charge in [-0.15, -0.1) is 12.4 Å². The normalized spacial score (nSPS) is 40.3. The maximum atomic E-state index is 12.3. The summed E-state index contributed by atoms with van der Waals surface area (Å²) in [7, 11) is 0. The number of amides is 1. The maximum absolute atomic E-state index is 12.3. The number of halogens is 1. The van der Waals surface area contributed by atoms with Gasteiger partial charge >= 0.3 is 0 Å². The van der Waals surface area contributed by atoms with Crippen LogP contribution in [0.3, 0.4) is 0 Å². The number of hydrogen-bond acceptors (Lipinski definition) is 3. The zero-order chi connectivity index (χ0) is 12.2. The average Bonchev–Trinajstić information content (AvgIpc) is 2.97. The van der Waals surface area contributed by atoms with Gasteiger partial charge in [0, 0.05) is 31.0 Å². The summed E-state index contributed by atoms with van der Waals surface area (Å²) in [6.07, 6.45) is 3.23. The van der Waals surface area contributed by atoms with Crippen molar-refractivity contribution in [1.82, 2.24) is 4.90 Å². The summed E-state index contributed by atoms with van der Waals surface area (Å²) in [5, 5.41) is 0. The van der Waals surface area contributed by atoms with E-state index < -0.39 is 0 Å². The van der Waals surface area contributed by atoms with Crippen LogP contribution >= 0.6 is 12.4 Å². The first-order chi connectivity index (χ1) is 8.08. The number of carbonyl (C=O) groups is 1. The van der Waals surface area contributed by atoms with E-state index >= 15 is 0 Å². The molecule has 1 amide bonds. The Hall–Kier alpha value is -0.320. The fourth-order valence-electron chi connectivity index (χ4n) is 3.65. The Morgan fingerprint density at radius 3 is 2.17 bits per heavy atom. The van der Waals surface area contributed by atoms with Gasteiger partial charge in [-0.3, -0.25) is 4.79 Å². The van der Waals surface area contributed by atoms with Crippen molar-refractivity contribution in [3.05, 3.63) is 0 Å². The van der Waals surface area contributed by atoms with Gasteiger partial charge in [-0.2, -0.15) is 0 Å². The molecule has 0 aromatic heterocycles. The number of nitrogens with two attached hydrogens (primary N) is 1. The van der Waals surface area contributed by atoms with Crippen LogP contribution in [0, 0.1) is 17.8 Å². The largest absolute Gasteiger partial charge is 0.374 e. The summed E-state index contributed by atoms with van der Waals surface area (Å²) in [4.78, 5) is 14.3. The van der Waals surface area contributed by atoms with E-state index in [4.69, 9.17) is 10.5 Å². The highest BCUT2D eigenvalue weighted by molar-refractivity contribution is 5.85. The predicted molar refractivity (Wildman–Crippen MR) is 71.5 cm³/mol. The van der Waals surface area contributed by atoms with Crippen molar-refractivity contribution in [3.8, 4) is 0 Å². The molecule has 0 aliphatic carbocycles. The van der Waals surface area contributed by atoms with Crippen LogP contribution < -0.4 is 5.73 Å². The van der Waals surface area contributed by atoms with E-state index in [1.807, 2.05) is 18.7 Å². The van der Waals surface area contributed by atoms with Crippen LogP contribution in [0.1, 0.15) is 26.7 Å². The average molecular weight is 275 g/mol. The highest BCUT2D eigenvalue weighted by atomic mass is 35.5. The molecule has 6 atom stereocenters. The van der Waals surface area contributed by atoms with E-state index in [9.17, 15) is 4.79 Å². The smallest absolute Gasteiger partial charge is 0.226 e. The van der Waals surface area contributed by atoms with Crippen LogP contribution in [-0.2, 0) is 9.53 Å². The highest BCUT2D eigenvalue weighted by Crippen LogP contribution is 2.47. The first-order valence-corrected chi connectivity index (χ1v) is 6.77. The number of fused-ring (bicyclic) bond motifs is 5. The third-order valence-corrected chi connectivity index (χ3v) is 4.94. The zero-order valence-corrected chi connectivity index (χ0v) is 11.9. The Bertz CT molecular complexity index is 319. The van der Waals surface area contributed by atoms with Crippen LogP contribution in [0.4, 0.5) is 0 Å². The van der Waals surface area contributed by atoms with Crippen molar-refractivity contribution < 1.29 is 9.53 Å². The number of rotatable bonds is 2. The van der Waals surface area contributed by atoms with Gasteiger partial charge in [-0.05, 0) is 19.8 Å². The molecule has 18 heavy (non-hydrogen) atoms. The minimum absolute atomic E-state index is 0. The molecule has 3 saturated heterocycles. The third-order valence-electron chi connectivity index (χ3n) is 4.94. The molecule has 0 radical (unpaired) electrons. The second-order valence-electron chi connectivity index (χ2n) is 6.01. The van der Waals surface area contributed by atoms with Crippen LogP contribution in [0.15, 0.2) is 0 Å². The van der Waals surface area contributed by atoms with Crippen LogP contribution in [0.25, 0.3) is 0 Å². The van der Waals surface area contributed by atoms with Gasteiger partial charge in [0.15, 0.2) is 0 Å². The summed E-state index contributed by atoms with van der Waals surface area (Å²) < 4.78 is 5.91. The molecule has 0 spiro atoms. The Balaban J connectivity index is 0.00000120. The number of likely N-dealkylation sites (tertiary alicyclic amines) is 1. The Morgan fingerprint density at radius 2 is 1.72 bits per heavy atom. The van der Waals surface area contributed by atoms with E-state index in [-0.39, 0.29) is 30.3 Å². The fraction of sp³-hybridized carbons (Fsp3) is 0.923. The lowest BCUT2D eigenvalue weighted by Crippen LogP contribution is -2.41. The second kappa shape index (κ2) is 4.99. The van der Waals surface area contributed by atoms with Gasteiger partial charge in [0.2, 0.25) is 5.91 Å². The van der Waals surface area contributed by atoms with Crippen molar-refractivity contribution in [2.75, 3.05) is 13.1 Å². The molecule has 6 unspecified atom stereocenters. The molecule has 5 heteroatoms. The predicted octanol–water partition coefficient (Wildman–Crippen LogP) is 1.03. The molecule has 3 heterocycles. The Morgan fingerprint density at radius 1 is 1.22 bits per heavy atom. The lowest BCUT2D eigenvalue weighted by Gasteiger charge is -2.24. The minimum Gasteiger partial charge on any atom is -0.374 e. The lowest BCUT2D eigenvalue weighted by molar-refractivity contribution is -0.135. The fourth-order valence-corrected chi connectivity index (χ4v) is 3.65. The summed E-state index contributed by atoms with van der Waals surface area (Å²) in [6, 6.07) is -0.0593. The molecule has 104 valence electrons. The van der Waals surface area contributed by atoms with Crippen molar-refractivity contribution >= 4 is 18.3 Å². The Labute approximate surface area is 115 Å². The van der Waals surface area contributed by atoms with Crippen molar-refractivity contribution in [2.45, 2.75) is 44.9 Å². The van der Waals surface area contributed by atoms with Crippen LogP contribution in [0.5, 0.6) is 0 Å². The molecule has 0 aromatic rings. The molecule has 3 fully saturated rings. The van der Waals surface area contributed by atoms with Crippen molar-refractivity contribution in [1.29, 1.82) is 0 Å². The van der Waals surface area contributed by atoms with Gasteiger partial charge in [0.05, 0.1) is 18.1 Å². The zero-order valence-electron chi connectivity index (χ0n) is 11.0. The van der Waals surface area contributed by atoms with E-state index in [0.717, 1.165) is 13.1 Å². The lowest BCUT2D eigenvalue weighted by atomic mass is 9.82. The molecule has 4 nitrogen and oxygen atoms in total. The molecule has 3 rings (SSSR count). The van der Waals surface area contributed by atoms with E-state index in [2.05, 4.69) is 0 Å². The molecule has 0 saturated carbocycles. The molecular weight excluding hydrogens is 252 g/mol. The highest BCUT2D eigenvalue weighted by Gasteiger charge is 2.53. The van der Waals surface area contributed by atoms with E-state index in [1.54, 1.807) is 0 Å². The van der Waals surface area contributed by atoms with Gasteiger partial charge in [0.1, 0.15) is 0 Å². The molecule has 3 aliphatic rings. The quantitative estimate of drug-likeness (QED) is 0.818. The molecule has 0 aromatic carbocycles. The Kier molecular flexibility index (Phi) is 3.90. The monoisotopic (exact) mass is 274 g/mol. The summed E-state index contributed by atoms with van der Waals surface area (Å²) in [5.41, 5.74) is 5.81. The van der Waals surface area contributed by atoms with Crippen LogP contribution in [0.2, 0.25) is 0 Å². The minimum atomic E-state index is -0.0626. The number of ether oxygens (including phenoxy) is 1.